The number of phenolic OH excluding ortho intramolecular Hbond substituents is 1. The zero-order valence-corrected chi connectivity index (χ0v) is 38.8. The van der Waals surface area contributed by atoms with Gasteiger partial charge in [0.05, 0.1) is 26.3 Å². The number of anilines is 2. The summed E-state index contributed by atoms with van der Waals surface area (Å²) < 4.78 is 16.9. The van der Waals surface area contributed by atoms with Crippen LogP contribution in [-0.4, -0.2) is 94.7 Å². The zero-order chi connectivity index (χ0) is 43.9. The summed E-state index contributed by atoms with van der Waals surface area (Å²) in [6, 6.07) is 18.9. The fourth-order valence-corrected chi connectivity index (χ4v) is 7.09. The lowest BCUT2D eigenvalue weighted by molar-refractivity contribution is -0.119. The molecule has 12 heteroatoms. The van der Waals surface area contributed by atoms with Gasteiger partial charge in [0.25, 0.3) is 11.8 Å². The van der Waals surface area contributed by atoms with Crippen LogP contribution in [0.1, 0.15) is 56.6 Å². The first-order chi connectivity index (χ1) is 27.9. The van der Waals surface area contributed by atoms with E-state index in [0.29, 0.717) is 17.8 Å². The number of carbonyl (C=O) groups is 2. The SMILES string of the molecule is C=C1C(=O)N(c2cc(C)c(C)c(OC)c2)[C@H]1c1ccc(C)c(O)c1.C=C1C(=O)N(c2cc(C)c(C)c(OC)c2)[C@H]1c1ccc(C)c(OCCN(C)C)c1.CN(C)CCCl.Cl. The Bertz CT molecular complexity index is 2200. The molecule has 2 aliphatic heterocycles. The van der Waals surface area contributed by atoms with E-state index in [1.807, 2.05) is 129 Å². The standard InChI is InChI=1S/C24H30N2O3.C20H21NO3.C4H10ClN.ClH/c1-15-8-9-19(13-21(15)29-11-10-25(5)6)23-18(4)24(27)26(23)20-12-16(2)17(3)22(14-20)28-7;1-11-6-7-15(9-17(11)22)19-14(4)20(23)21(19)16-8-12(2)13(3)18(10-16)24-5;1-6(2)4-3-5;/h8-9,12-14,23H,4,10-11H2,1-3,5-7H3;6-10,19,22H,4H2,1-3,5H3;3-4H2,1-2H3;1H/t23-;19-;;/m11../s1. The van der Waals surface area contributed by atoms with E-state index in [9.17, 15) is 14.7 Å². The van der Waals surface area contributed by atoms with Gasteiger partial charge in [0.2, 0.25) is 0 Å². The first-order valence-corrected chi connectivity index (χ1v) is 20.1. The van der Waals surface area contributed by atoms with E-state index in [2.05, 4.69) is 18.1 Å². The minimum absolute atomic E-state index is 0. The minimum atomic E-state index is -0.268. The lowest BCUT2D eigenvalue weighted by Crippen LogP contribution is -2.48. The summed E-state index contributed by atoms with van der Waals surface area (Å²) in [4.78, 5) is 32.7. The van der Waals surface area contributed by atoms with Crippen LogP contribution < -0.4 is 24.0 Å². The van der Waals surface area contributed by atoms with Gasteiger partial charge in [-0.25, -0.2) is 0 Å². The van der Waals surface area contributed by atoms with Gasteiger partial charge >= 0.3 is 0 Å². The molecule has 10 nitrogen and oxygen atoms in total. The predicted molar refractivity (Wildman–Crippen MR) is 248 cm³/mol. The van der Waals surface area contributed by atoms with Crippen molar-refractivity contribution in [1.29, 1.82) is 0 Å². The van der Waals surface area contributed by atoms with Crippen LogP contribution in [0.25, 0.3) is 0 Å². The molecule has 4 aromatic rings. The molecule has 2 heterocycles. The van der Waals surface area contributed by atoms with Gasteiger partial charge in [0, 0.05) is 53.6 Å². The number of benzene rings is 4. The number of likely N-dealkylation sites (N-methyl/N-ethyl adjacent to an activating group) is 1. The van der Waals surface area contributed by atoms with Crippen molar-refractivity contribution >= 4 is 47.2 Å². The normalized spacial score (nSPS) is 15.7. The molecule has 0 aliphatic carbocycles. The molecule has 0 unspecified atom stereocenters. The molecular weight excluding hydrogens is 799 g/mol. The van der Waals surface area contributed by atoms with Gasteiger partial charge in [-0.1, -0.05) is 37.4 Å². The summed E-state index contributed by atoms with van der Waals surface area (Å²) in [5.74, 6) is 3.15. The summed E-state index contributed by atoms with van der Waals surface area (Å²) in [6.07, 6.45) is 0. The summed E-state index contributed by atoms with van der Waals surface area (Å²) in [7, 11) is 11.3. The van der Waals surface area contributed by atoms with Crippen molar-refractivity contribution in [2.45, 2.75) is 53.6 Å². The minimum Gasteiger partial charge on any atom is -0.508 e. The highest BCUT2D eigenvalue weighted by Gasteiger charge is 2.44. The number of hydrogen-bond donors (Lipinski definition) is 1. The maximum Gasteiger partial charge on any atom is 0.256 e. The summed E-state index contributed by atoms with van der Waals surface area (Å²) in [5.41, 5.74) is 10.7. The van der Waals surface area contributed by atoms with E-state index in [4.69, 9.17) is 25.8 Å². The topological polar surface area (TPSA) is 95.0 Å². The molecule has 1 N–H and O–H groups in total. The van der Waals surface area contributed by atoms with Gasteiger partial charge in [-0.05, 0) is 139 Å². The average Bonchev–Trinajstić information content (AvgIpc) is 3.19. The first kappa shape index (κ1) is 49.4. The predicted octanol–water partition coefficient (Wildman–Crippen LogP) is 9.38. The number of ether oxygens (including phenoxy) is 3. The lowest BCUT2D eigenvalue weighted by atomic mass is 9.87. The van der Waals surface area contributed by atoms with Crippen LogP contribution in [0.2, 0.25) is 0 Å². The molecule has 2 aliphatic rings. The van der Waals surface area contributed by atoms with Crippen molar-refractivity contribution in [2.75, 3.05) is 77.8 Å². The number of aryl methyl sites for hydroxylation is 4. The Morgan fingerprint density at radius 1 is 0.633 bits per heavy atom. The highest BCUT2D eigenvalue weighted by atomic mass is 35.5. The number of phenols is 1. The lowest BCUT2D eigenvalue weighted by Gasteiger charge is -2.43. The fourth-order valence-electron chi connectivity index (χ4n) is 6.76. The third-order valence-electron chi connectivity index (χ3n) is 10.8. The van der Waals surface area contributed by atoms with Crippen LogP contribution >= 0.6 is 24.0 Å². The summed E-state index contributed by atoms with van der Waals surface area (Å²) >= 11 is 5.35. The van der Waals surface area contributed by atoms with Crippen LogP contribution in [0.3, 0.4) is 0 Å². The number of aromatic hydroxyl groups is 1. The number of methoxy groups -OCH3 is 2. The van der Waals surface area contributed by atoms with Gasteiger partial charge in [-0.2, -0.15) is 0 Å². The van der Waals surface area contributed by atoms with Crippen molar-refractivity contribution in [3.05, 3.63) is 129 Å². The maximum absolute atomic E-state index is 12.7. The zero-order valence-electron chi connectivity index (χ0n) is 37.2. The van der Waals surface area contributed by atoms with Crippen molar-refractivity contribution in [1.82, 2.24) is 9.80 Å². The number of amides is 2. The van der Waals surface area contributed by atoms with Crippen LogP contribution in [0.4, 0.5) is 11.4 Å². The van der Waals surface area contributed by atoms with Crippen molar-refractivity contribution in [3.63, 3.8) is 0 Å². The van der Waals surface area contributed by atoms with E-state index in [0.717, 1.165) is 92.1 Å². The van der Waals surface area contributed by atoms with Crippen molar-refractivity contribution < 1.29 is 28.9 Å². The second-order valence-electron chi connectivity index (χ2n) is 15.6. The summed E-state index contributed by atoms with van der Waals surface area (Å²) in [5, 5.41) is 9.99. The van der Waals surface area contributed by atoms with Crippen molar-refractivity contribution in [2.24, 2.45) is 0 Å². The molecule has 0 aromatic heterocycles. The third kappa shape index (κ3) is 11.0. The van der Waals surface area contributed by atoms with Gasteiger partial charge in [-0.3, -0.25) is 19.4 Å². The molecule has 2 atom stereocenters. The Balaban J connectivity index is 0.000000281. The average molecular weight is 862 g/mol. The molecule has 4 aromatic carbocycles. The van der Waals surface area contributed by atoms with Gasteiger partial charge in [0.15, 0.2) is 0 Å². The molecule has 0 spiro atoms. The number of hydrogen-bond acceptors (Lipinski definition) is 8. The second-order valence-corrected chi connectivity index (χ2v) is 16.0. The van der Waals surface area contributed by atoms with Gasteiger partial charge in [-0.15, -0.1) is 24.0 Å². The van der Waals surface area contributed by atoms with E-state index < -0.39 is 0 Å². The number of halogens is 2. The molecular formula is C48H62Cl2N4O6. The largest absolute Gasteiger partial charge is 0.508 e. The van der Waals surface area contributed by atoms with Crippen LogP contribution in [0.15, 0.2) is 85.0 Å². The highest BCUT2D eigenvalue weighted by Crippen LogP contribution is 2.46. The van der Waals surface area contributed by atoms with E-state index in [1.165, 1.54) is 0 Å². The van der Waals surface area contributed by atoms with Crippen LogP contribution in [-0.2, 0) is 9.59 Å². The monoisotopic (exact) mass is 860 g/mol. The fraction of sp³-hybridized carbons (Fsp3) is 0.375. The van der Waals surface area contributed by atoms with E-state index in [-0.39, 0.29) is 42.1 Å². The Kier molecular flexibility index (Phi) is 17.7. The Morgan fingerprint density at radius 3 is 1.45 bits per heavy atom. The number of carbonyl (C=O) groups excluding carboxylic acids is 2. The quantitative estimate of drug-likeness (QED) is 0.0856. The smallest absolute Gasteiger partial charge is 0.256 e. The van der Waals surface area contributed by atoms with Crippen molar-refractivity contribution in [3.8, 4) is 23.0 Å². The Labute approximate surface area is 368 Å². The number of alkyl halides is 1. The second kappa shape index (κ2) is 21.5. The van der Waals surface area contributed by atoms with Gasteiger partial charge in [0.1, 0.15) is 29.6 Å². The van der Waals surface area contributed by atoms with Crippen LogP contribution in [0, 0.1) is 41.5 Å². The third-order valence-corrected chi connectivity index (χ3v) is 10.9. The molecule has 2 amide bonds. The molecule has 0 bridgehead atoms. The molecule has 324 valence electrons. The van der Waals surface area contributed by atoms with E-state index >= 15 is 0 Å². The van der Waals surface area contributed by atoms with Crippen LogP contribution in [0.5, 0.6) is 23.0 Å². The number of nitrogens with zero attached hydrogens (tertiary/aromatic N) is 4. The summed E-state index contributed by atoms with van der Waals surface area (Å²) in [6.45, 7) is 22.3. The molecule has 2 fully saturated rings. The Morgan fingerprint density at radius 2 is 1.07 bits per heavy atom. The number of rotatable bonds is 12. The molecule has 2 saturated heterocycles. The number of β-lactam (4-membered cyclic amide) rings is 2. The first-order valence-electron chi connectivity index (χ1n) is 19.6. The van der Waals surface area contributed by atoms with Gasteiger partial charge < -0.3 is 29.1 Å². The Hall–Kier alpha value is -5.00. The van der Waals surface area contributed by atoms with E-state index in [1.54, 1.807) is 30.1 Å². The molecule has 0 radical (unpaired) electrons. The molecule has 0 saturated carbocycles. The highest BCUT2D eigenvalue weighted by molar-refractivity contribution is 6.18. The maximum atomic E-state index is 12.7. The molecule has 6 rings (SSSR count). The molecule has 60 heavy (non-hydrogen) atoms.